The fourth-order valence-corrected chi connectivity index (χ4v) is 2.01. The van der Waals surface area contributed by atoms with Crippen molar-refractivity contribution in [3.8, 4) is 0 Å². The van der Waals surface area contributed by atoms with Gasteiger partial charge in [-0.05, 0) is 26.4 Å². The third-order valence-corrected chi connectivity index (χ3v) is 3.00. The molecule has 1 aliphatic heterocycles. The second-order valence-electron chi connectivity index (χ2n) is 3.91. The highest BCUT2D eigenvalue weighted by molar-refractivity contribution is 6.18. The fraction of sp³-hybridized carbons (Fsp3) is 0.818. The van der Waals surface area contributed by atoms with E-state index >= 15 is 0 Å². The number of halogens is 1. The van der Waals surface area contributed by atoms with E-state index in [1.54, 1.807) is 0 Å². The van der Waals surface area contributed by atoms with Gasteiger partial charge < -0.3 is 10.2 Å². The van der Waals surface area contributed by atoms with Gasteiger partial charge in [-0.25, -0.2) is 0 Å². The molecule has 0 aromatic rings. The summed E-state index contributed by atoms with van der Waals surface area (Å²) in [5.74, 6) is 0.616. The molecular formula is C11H21ClN2. The van der Waals surface area contributed by atoms with Crippen LogP contribution in [0.3, 0.4) is 0 Å². The van der Waals surface area contributed by atoms with Crippen LogP contribution in [0.4, 0.5) is 0 Å². The zero-order valence-corrected chi connectivity index (χ0v) is 9.76. The molecule has 0 radical (unpaired) electrons. The number of piperidine rings is 1. The predicted molar refractivity (Wildman–Crippen MR) is 63.0 cm³/mol. The molecule has 14 heavy (non-hydrogen) atoms. The van der Waals surface area contributed by atoms with E-state index < -0.39 is 0 Å². The summed E-state index contributed by atoms with van der Waals surface area (Å²) in [5, 5.41) is 3.43. The topological polar surface area (TPSA) is 15.3 Å². The van der Waals surface area contributed by atoms with Crippen molar-refractivity contribution in [2.75, 3.05) is 32.6 Å². The Bertz CT molecular complexity index is 171. The molecule has 0 saturated carbocycles. The van der Waals surface area contributed by atoms with Crippen LogP contribution in [0.15, 0.2) is 12.2 Å². The molecule has 1 aliphatic rings. The Balaban J connectivity index is 2.07. The first-order valence-corrected chi connectivity index (χ1v) is 6.00. The molecule has 82 valence electrons. The van der Waals surface area contributed by atoms with Gasteiger partial charge >= 0.3 is 0 Å². The molecule has 1 unspecified atom stereocenters. The number of allylic oxidation sites excluding steroid dienone is 1. The summed E-state index contributed by atoms with van der Waals surface area (Å²) in [7, 11) is 2.22. The van der Waals surface area contributed by atoms with Crippen molar-refractivity contribution in [2.45, 2.75) is 25.3 Å². The van der Waals surface area contributed by atoms with Crippen molar-refractivity contribution in [3.05, 3.63) is 12.2 Å². The van der Waals surface area contributed by atoms with Gasteiger partial charge in [-0.3, -0.25) is 0 Å². The van der Waals surface area contributed by atoms with Gasteiger partial charge in [0.15, 0.2) is 0 Å². The van der Waals surface area contributed by atoms with Gasteiger partial charge in [-0.1, -0.05) is 18.6 Å². The van der Waals surface area contributed by atoms with Gasteiger partial charge in [-0.2, -0.15) is 0 Å². The van der Waals surface area contributed by atoms with Crippen LogP contribution in [0.2, 0.25) is 0 Å². The average molecular weight is 217 g/mol. The third kappa shape index (κ3) is 4.45. The van der Waals surface area contributed by atoms with Crippen molar-refractivity contribution in [3.63, 3.8) is 0 Å². The molecule has 0 amide bonds. The van der Waals surface area contributed by atoms with Crippen LogP contribution in [-0.4, -0.2) is 43.5 Å². The Kier molecular flexibility index (Phi) is 6.24. The zero-order chi connectivity index (χ0) is 10.2. The Morgan fingerprint density at radius 2 is 2.29 bits per heavy atom. The molecule has 3 heteroatoms. The van der Waals surface area contributed by atoms with Crippen LogP contribution in [0.5, 0.6) is 0 Å². The van der Waals surface area contributed by atoms with Crippen molar-refractivity contribution in [2.24, 2.45) is 0 Å². The maximum absolute atomic E-state index is 5.53. The first-order valence-electron chi connectivity index (χ1n) is 5.46. The molecule has 1 rings (SSSR count). The normalized spacial score (nSPS) is 24.6. The number of nitrogens with one attached hydrogen (secondary N) is 1. The van der Waals surface area contributed by atoms with Crippen LogP contribution in [-0.2, 0) is 0 Å². The number of rotatable bonds is 5. The van der Waals surface area contributed by atoms with Gasteiger partial charge in [0.1, 0.15) is 0 Å². The second kappa shape index (κ2) is 7.27. The highest BCUT2D eigenvalue weighted by Gasteiger charge is 2.17. The fourth-order valence-electron chi connectivity index (χ4n) is 1.88. The van der Waals surface area contributed by atoms with E-state index in [-0.39, 0.29) is 0 Å². The van der Waals surface area contributed by atoms with E-state index in [2.05, 4.69) is 23.3 Å². The molecule has 1 heterocycles. The number of likely N-dealkylation sites (tertiary alicyclic amines) is 1. The van der Waals surface area contributed by atoms with Crippen LogP contribution < -0.4 is 5.32 Å². The summed E-state index contributed by atoms with van der Waals surface area (Å²) in [6.07, 6.45) is 8.16. The summed E-state index contributed by atoms with van der Waals surface area (Å²) in [6, 6.07) is 0.730. The summed E-state index contributed by atoms with van der Waals surface area (Å²) in [5.41, 5.74) is 0. The van der Waals surface area contributed by atoms with Crippen molar-refractivity contribution < 1.29 is 0 Å². The molecule has 0 bridgehead atoms. The third-order valence-electron chi connectivity index (χ3n) is 2.82. The minimum atomic E-state index is 0.616. The molecule has 0 aliphatic carbocycles. The lowest BCUT2D eigenvalue weighted by Gasteiger charge is -2.32. The SMILES string of the molecule is CN1CCCCC1CNC/C=C/CCl. The Morgan fingerprint density at radius 3 is 3.00 bits per heavy atom. The monoisotopic (exact) mass is 216 g/mol. The highest BCUT2D eigenvalue weighted by atomic mass is 35.5. The van der Waals surface area contributed by atoms with Gasteiger partial charge in [0, 0.05) is 25.0 Å². The van der Waals surface area contributed by atoms with E-state index in [0.29, 0.717) is 5.88 Å². The quantitative estimate of drug-likeness (QED) is 0.429. The maximum atomic E-state index is 5.53. The molecule has 1 atom stereocenters. The van der Waals surface area contributed by atoms with Gasteiger partial charge in [0.05, 0.1) is 0 Å². The molecule has 0 aromatic carbocycles. The second-order valence-corrected chi connectivity index (χ2v) is 4.22. The smallest absolute Gasteiger partial charge is 0.0404 e. The molecule has 1 N–H and O–H groups in total. The lowest BCUT2D eigenvalue weighted by Crippen LogP contribution is -2.43. The van der Waals surface area contributed by atoms with Gasteiger partial charge in [0.25, 0.3) is 0 Å². The molecule has 2 nitrogen and oxygen atoms in total. The largest absolute Gasteiger partial charge is 0.312 e. The molecule has 0 spiro atoms. The molecular weight excluding hydrogens is 196 g/mol. The van der Waals surface area contributed by atoms with E-state index in [1.807, 2.05) is 6.08 Å². The lowest BCUT2D eigenvalue weighted by molar-refractivity contribution is 0.183. The highest BCUT2D eigenvalue weighted by Crippen LogP contribution is 2.13. The summed E-state index contributed by atoms with van der Waals surface area (Å²) < 4.78 is 0. The molecule has 0 aromatic heterocycles. The molecule has 1 fully saturated rings. The lowest BCUT2D eigenvalue weighted by atomic mass is 10.0. The zero-order valence-electron chi connectivity index (χ0n) is 9.01. The van der Waals surface area contributed by atoms with Crippen molar-refractivity contribution >= 4 is 11.6 Å². The van der Waals surface area contributed by atoms with Crippen LogP contribution in [0.1, 0.15) is 19.3 Å². The van der Waals surface area contributed by atoms with E-state index in [1.165, 1.54) is 25.8 Å². The Hall–Kier alpha value is -0.0500. The minimum absolute atomic E-state index is 0.616. The minimum Gasteiger partial charge on any atom is -0.312 e. The van der Waals surface area contributed by atoms with Gasteiger partial charge in [0.2, 0.25) is 0 Å². The van der Waals surface area contributed by atoms with Crippen LogP contribution >= 0.6 is 11.6 Å². The van der Waals surface area contributed by atoms with E-state index in [4.69, 9.17) is 11.6 Å². The number of nitrogens with zero attached hydrogens (tertiary/aromatic N) is 1. The van der Waals surface area contributed by atoms with Crippen molar-refractivity contribution in [1.82, 2.24) is 10.2 Å². The van der Waals surface area contributed by atoms with Gasteiger partial charge in [-0.15, -0.1) is 11.6 Å². The summed E-state index contributed by atoms with van der Waals surface area (Å²) in [4.78, 5) is 2.46. The number of alkyl halides is 1. The van der Waals surface area contributed by atoms with E-state index in [0.717, 1.165) is 19.1 Å². The first-order chi connectivity index (χ1) is 6.84. The van der Waals surface area contributed by atoms with E-state index in [9.17, 15) is 0 Å². The Morgan fingerprint density at radius 1 is 1.43 bits per heavy atom. The standard InChI is InChI=1S/C11H21ClN2/c1-14-9-5-2-6-11(14)10-13-8-4-3-7-12/h3-4,11,13H,2,5-10H2,1H3/b4-3+. The summed E-state index contributed by atoms with van der Waals surface area (Å²) in [6.45, 7) is 3.30. The van der Waals surface area contributed by atoms with Crippen molar-refractivity contribution in [1.29, 1.82) is 0 Å². The Labute approximate surface area is 92.3 Å². The summed E-state index contributed by atoms with van der Waals surface area (Å²) >= 11 is 5.53. The maximum Gasteiger partial charge on any atom is 0.0404 e. The first kappa shape index (κ1) is 12.0. The average Bonchev–Trinajstić information content (AvgIpc) is 2.20. The predicted octanol–water partition coefficient (Wildman–Crippen LogP) is 1.86. The van der Waals surface area contributed by atoms with Crippen LogP contribution in [0.25, 0.3) is 0 Å². The number of hydrogen-bond acceptors (Lipinski definition) is 2. The molecule has 1 saturated heterocycles. The van der Waals surface area contributed by atoms with Crippen LogP contribution in [0, 0.1) is 0 Å². The number of likely N-dealkylation sites (N-methyl/N-ethyl adjacent to an activating group) is 1. The number of hydrogen-bond donors (Lipinski definition) is 1.